The lowest BCUT2D eigenvalue weighted by atomic mass is 10.1. The van der Waals surface area contributed by atoms with Crippen molar-refractivity contribution in [2.24, 2.45) is 0 Å². The quantitative estimate of drug-likeness (QED) is 0.840. The summed E-state index contributed by atoms with van der Waals surface area (Å²) < 4.78 is 5.49. The van der Waals surface area contributed by atoms with Gasteiger partial charge in [0.1, 0.15) is 5.75 Å². The van der Waals surface area contributed by atoms with Crippen LogP contribution >= 0.6 is 0 Å². The van der Waals surface area contributed by atoms with E-state index in [1.165, 1.54) is 0 Å². The number of nitrogens with zero attached hydrogens (tertiary/aromatic N) is 1. The van der Waals surface area contributed by atoms with Crippen molar-refractivity contribution in [1.29, 1.82) is 0 Å². The number of aliphatic hydroxyl groups is 1. The zero-order valence-electron chi connectivity index (χ0n) is 12.5. The van der Waals surface area contributed by atoms with Crippen molar-refractivity contribution in [3.8, 4) is 5.75 Å². The van der Waals surface area contributed by atoms with E-state index in [-0.39, 0.29) is 12.0 Å². The van der Waals surface area contributed by atoms with E-state index in [0.717, 1.165) is 38.2 Å². The monoisotopic (exact) mass is 292 g/mol. The van der Waals surface area contributed by atoms with Crippen LogP contribution in [0.25, 0.3) is 0 Å². The molecule has 1 fully saturated rings. The third-order valence-corrected chi connectivity index (χ3v) is 3.67. The van der Waals surface area contributed by atoms with E-state index in [1.54, 1.807) is 0 Å². The first-order chi connectivity index (χ1) is 10.2. The van der Waals surface area contributed by atoms with Crippen LogP contribution in [0.4, 0.5) is 5.69 Å². The number of nitrogens with one attached hydrogen (secondary N) is 1. The number of para-hydroxylation sites is 2. The SMILES string of the molecule is CCOc1ccccc1NC(=O)CCN1CCC(O)CC1. The van der Waals surface area contributed by atoms with Crippen molar-refractivity contribution in [2.45, 2.75) is 32.3 Å². The third-order valence-electron chi connectivity index (χ3n) is 3.67. The van der Waals surface area contributed by atoms with E-state index in [2.05, 4.69) is 10.2 Å². The Balaban J connectivity index is 1.79. The first kappa shape index (κ1) is 15.8. The summed E-state index contributed by atoms with van der Waals surface area (Å²) in [5, 5.41) is 12.4. The minimum Gasteiger partial charge on any atom is -0.492 e. The minimum atomic E-state index is -0.173. The van der Waals surface area contributed by atoms with Crippen molar-refractivity contribution in [1.82, 2.24) is 4.90 Å². The largest absolute Gasteiger partial charge is 0.492 e. The lowest BCUT2D eigenvalue weighted by Crippen LogP contribution is -2.37. The molecule has 116 valence electrons. The number of hydrogen-bond acceptors (Lipinski definition) is 4. The molecule has 1 aromatic rings. The van der Waals surface area contributed by atoms with Crippen molar-refractivity contribution < 1.29 is 14.6 Å². The van der Waals surface area contributed by atoms with Crippen molar-refractivity contribution in [3.05, 3.63) is 24.3 Å². The van der Waals surface area contributed by atoms with Gasteiger partial charge >= 0.3 is 0 Å². The standard InChI is InChI=1S/C16H24N2O3/c1-2-21-15-6-4-3-5-14(15)17-16(20)9-12-18-10-7-13(19)8-11-18/h3-6,13,19H,2,7-12H2,1H3,(H,17,20). The highest BCUT2D eigenvalue weighted by Gasteiger charge is 2.17. The summed E-state index contributed by atoms with van der Waals surface area (Å²) in [6, 6.07) is 7.47. The lowest BCUT2D eigenvalue weighted by Gasteiger charge is -2.29. The second-order valence-electron chi connectivity index (χ2n) is 5.30. The average Bonchev–Trinajstić information content (AvgIpc) is 2.49. The van der Waals surface area contributed by atoms with Gasteiger partial charge in [-0.2, -0.15) is 0 Å². The highest BCUT2D eigenvalue weighted by atomic mass is 16.5. The second-order valence-corrected chi connectivity index (χ2v) is 5.30. The fourth-order valence-corrected chi connectivity index (χ4v) is 2.47. The zero-order chi connectivity index (χ0) is 15.1. The molecule has 21 heavy (non-hydrogen) atoms. The van der Waals surface area contributed by atoms with Gasteiger partial charge in [0.15, 0.2) is 0 Å². The Bertz CT molecular complexity index is 457. The smallest absolute Gasteiger partial charge is 0.225 e. The highest BCUT2D eigenvalue weighted by Crippen LogP contribution is 2.23. The molecule has 0 saturated carbocycles. The van der Waals surface area contributed by atoms with Crippen molar-refractivity contribution >= 4 is 11.6 Å². The molecule has 2 N–H and O–H groups in total. The van der Waals surface area contributed by atoms with E-state index in [1.807, 2.05) is 31.2 Å². The van der Waals surface area contributed by atoms with Gasteiger partial charge in [-0.3, -0.25) is 4.79 Å². The van der Waals surface area contributed by atoms with Gasteiger partial charge in [-0.1, -0.05) is 12.1 Å². The topological polar surface area (TPSA) is 61.8 Å². The van der Waals surface area contributed by atoms with Gasteiger partial charge in [-0.05, 0) is 31.9 Å². The molecule has 5 nitrogen and oxygen atoms in total. The Kier molecular flexibility index (Phi) is 6.02. The molecule has 5 heteroatoms. The second kappa shape index (κ2) is 8.00. The van der Waals surface area contributed by atoms with Crippen LogP contribution in [0.15, 0.2) is 24.3 Å². The molecule has 1 heterocycles. The zero-order valence-corrected chi connectivity index (χ0v) is 12.5. The molecule has 0 atom stereocenters. The molecule has 1 aromatic carbocycles. The first-order valence-corrected chi connectivity index (χ1v) is 7.61. The number of aliphatic hydroxyl groups excluding tert-OH is 1. The van der Waals surface area contributed by atoms with Crippen LogP contribution < -0.4 is 10.1 Å². The van der Waals surface area contributed by atoms with Gasteiger partial charge in [0.25, 0.3) is 0 Å². The summed E-state index contributed by atoms with van der Waals surface area (Å²) in [7, 11) is 0. The summed E-state index contributed by atoms with van der Waals surface area (Å²) in [5.41, 5.74) is 0.721. The number of carbonyl (C=O) groups is 1. The molecule has 0 bridgehead atoms. The number of likely N-dealkylation sites (tertiary alicyclic amines) is 1. The number of amides is 1. The van der Waals surface area contributed by atoms with E-state index < -0.39 is 0 Å². The number of hydrogen-bond donors (Lipinski definition) is 2. The minimum absolute atomic E-state index is 0.00623. The third kappa shape index (κ3) is 5.02. The summed E-state index contributed by atoms with van der Waals surface area (Å²) in [6.45, 7) is 4.95. The van der Waals surface area contributed by atoms with Crippen LogP contribution in [0.1, 0.15) is 26.2 Å². The summed E-state index contributed by atoms with van der Waals surface area (Å²) >= 11 is 0. The van der Waals surface area contributed by atoms with Gasteiger partial charge in [0, 0.05) is 26.1 Å². The molecule has 1 saturated heterocycles. The Morgan fingerprint density at radius 1 is 1.38 bits per heavy atom. The Hall–Kier alpha value is -1.59. The highest BCUT2D eigenvalue weighted by molar-refractivity contribution is 5.92. The Morgan fingerprint density at radius 3 is 2.81 bits per heavy atom. The summed E-state index contributed by atoms with van der Waals surface area (Å²) in [6.07, 6.45) is 1.88. The molecule has 1 aliphatic heterocycles. The van der Waals surface area contributed by atoms with E-state index >= 15 is 0 Å². The van der Waals surface area contributed by atoms with Crippen molar-refractivity contribution in [3.63, 3.8) is 0 Å². The fourth-order valence-electron chi connectivity index (χ4n) is 2.47. The Labute approximate surface area is 125 Å². The van der Waals surface area contributed by atoms with Crippen LogP contribution in [-0.2, 0) is 4.79 Å². The first-order valence-electron chi connectivity index (χ1n) is 7.61. The van der Waals surface area contributed by atoms with Gasteiger partial charge in [0.05, 0.1) is 18.4 Å². The number of ether oxygens (including phenoxy) is 1. The lowest BCUT2D eigenvalue weighted by molar-refractivity contribution is -0.116. The molecular formula is C16H24N2O3. The summed E-state index contributed by atoms with van der Waals surface area (Å²) in [4.78, 5) is 14.3. The summed E-state index contributed by atoms with van der Waals surface area (Å²) in [5.74, 6) is 0.697. The van der Waals surface area contributed by atoms with Gasteiger partial charge < -0.3 is 20.1 Å². The van der Waals surface area contributed by atoms with E-state index in [9.17, 15) is 9.90 Å². The maximum Gasteiger partial charge on any atom is 0.225 e. The molecule has 0 aliphatic carbocycles. The molecule has 2 rings (SSSR count). The molecule has 0 unspecified atom stereocenters. The number of anilines is 1. The van der Waals surface area contributed by atoms with Gasteiger partial charge in [0.2, 0.25) is 5.91 Å². The normalized spacial score (nSPS) is 16.7. The maximum atomic E-state index is 12.0. The van der Waals surface area contributed by atoms with E-state index in [0.29, 0.717) is 18.8 Å². The Morgan fingerprint density at radius 2 is 2.10 bits per heavy atom. The van der Waals surface area contributed by atoms with Crippen LogP contribution in [0, 0.1) is 0 Å². The molecule has 0 radical (unpaired) electrons. The predicted octanol–water partition coefficient (Wildman–Crippen LogP) is 1.87. The molecular weight excluding hydrogens is 268 g/mol. The molecule has 1 aliphatic rings. The molecule has 1 amide bonds. The van der Waals surface area contributed by atoms with Crippen LogP contribution in [0.2, 0.25) is 0 Å². The number of carbonyl (C=O) groups excluding carboxylic acids is 1. The van der Waals surface area contributed by atoms with Crippen LogP contribution in [0.5, 0.6) is 5.75 Å². The van der Waals surface area contributed by atoms with Crippen molar-refractivity contribution in [2.75, 3.05) is 31.6 Å². The van der Waals surface area contributed by atoms with Crippen LogP contribution in [0.3, 0.4) is 0 Å². The predicted molar refractivity (Wildman–Crippen MR) is 82.5 cm³/mol. The molecule has 0 spiro atoms. The van der Waals surface area contributed by atoms with Gasteiger partial charge in [-0.25, -0.2) is 0 Å². The number of piperidine rings is 1. The number of benzene rings is 1. The number of rotatable bonds is 6. The van der Waals surface area contributed by atoms with Crippen LogP contribution in [-0.4, -0.2) is 48.3 Å². The maximum absolute atomic E-state index is 12.0. The average molecular weight is 292 g/mol. The van der Waals surface area contributed by atoms with E-state index in [4.69, 9.17) is 4.74 Å². The van der Waals surface area contributed by atoms with Gasteiger partial charge in [-0.15, -0.1) is 0 Å². The fraction of sp³-hybridized carbons (Fsp3) is 0.562. The molecule has 0 aromatic heterocycles.